The van der Waals surface area contributed by atoms with Crippen molar-refractivity contribution in [2.45, 2.75) is 63.4 Å². The molecule has 4 rings (SSSR count). The van der Waals surface area contributed by atoms with E-state index in [1.807, 2.05) is 0 Å². The van der Waals surface area contributed by atoms with Gasteiger partial charge in [-0.25, -0.2) is 0 Å². The summed E-state index contributed by atoms with van der Waals surface area (Å²) in [5.74, 6) is -0.170. The second-order valence-electron chi connectivity index (χ2n) is 7.58. The molecule has 0 bridgehead atoms. The van der Waals surface area contributed by atoms with Crippen LogP contribution in [0.3, 0.4) is 0 Å². The van der Waals surface area contributed by atoms with E-state index in [-0.39, 0.29) is 24.3 Å². The van der Waals surface area contributed by atoms with Crippen LogP contribution in [0.25, 0.3) is 0 Å². The summed E-state index contributed by atoms with van der Waals surface area (Å²) in [4.78, 5) is 25.7. The van der Waals surface area contributed by atoms with Crippen LogP contribution in [0.2, 0.25) is 0 Å². The number of aliphatic hydroxyl groups excluding tert-OH is 1. The maximum Gasteiger partial charge on any atom is 0.251 e. The smallest absolute Gasteiger partial charge is 0.251 e. The van der Waals surface area contributed by atoms with Gasteiger partial charge < -0.3 is 10.4 Å². The molecule has 2 fully saturated rings. The van der Waals surface area contributed by atoms with Gasteiger partial charge in [-0.3, -0.25) is 19.4 Å². The van der Waals surface area contributed by atoms with E-state index in [1.165, 1.54) is 16.2 Å². The predicted octanol–water partition coefficient (Wildman–Crippen LogP) is 0.945. The molecule has 148 valence electrons. The number of carbonyl (C=O) groups is 1. The van der Waals surface area contributed by atoms with E-state index in [0.29, 0.717) is 6.42 Å². The Labute approximate surface area is 159 Å². The lowest BCUT2D eigenvalue weighted by atomic mass is 10.0. The summed E-state index contributed by atoms with van der Waals surface area (Å²) in [5, 5.41) is 14.1. The highest BCUT2D eigenvalue weighted by Crippen LogP contribution is 2.35. The van der Waals surface area contributed by atoms with Crippen LogP contribution in [0.15, 0.2) is 18.2 Å². The van der Waals surface area contributed by atoms with Gasteiger partial charge in [-0.2, -0.15) is 10.5 Å². The van der Waals surface area contributed by atoms with Crippen LogP contribution in [0, 0.1) is 0 Å². The molecule has 2 saturated heterocycles. The number of nitrogens with one attached hydrogen (secondary N) is 2. The van der Waals surface area contributed by atoms with Crippen LogP contribution in [-0.4, -0.2) is 53.6 Å². The first-order chi connectivity index (χ1) is 13.0. The first-order valence-corrected chi connectivity index (χ1v) is 9.61. The van der Waals surface area contributed by atoms with Crippen LogP contribution >= 0.6 is 0 Å². The van der Waals surface area contributed by atoms with Crippen molar-refractivity contribution in [2.24, 2.45) is 0 Å². The lowest BCUT2D eigenvalue weighted by molar-refractivity contribution is -0.186. The molecule has 0 radical (unpaired) electrons. The SMILES string of the molecule is CCC1ONC(c2ccc3c(c2)CC[C@H]3NC(=O)C2CC(O)N(C)O2)N1C. The first-order valence-electron chi connectivity index (χ1n) is 9.61. The van der Waals surface area contributed by atoms with Crippen molar-refractivity contribution in [1.29, 1.82) is 0 Å². The monoisotopic (exact) mass is 376 g/mol. The van der Waals surface area contributed by atoms with Crippen molar-refractivity contribution in [3.8, 4) is 0 Å². The molecule has 2 heterocycles. The fourth-order valence-corrected chi connectivity index (χ4v) is 4.18. The molecule has 0 aromatic heterocycles. The Morgan fingerprint density at radius 1 is 1.41 bits per heavy atom. The number of aryl methyl sites for hydroxylation is 1. The minimum Gasteiger partial charge on any atom is -0.376 e. The normalized spacial score (nSPS) is 34.1. The number of hydroxylamine groups is 3. The van der Waals surface area contributed by atoms with Gasteiger partial charge in [0.15, 0.2) is 6.10 Å². The highest BCUT2D eigenvalue weighted by Gasteiger charge is 2.37. The fraction of sp³-hybridized carbons (Fsp3) is 0.632. The minimum absolute atomic E-state index is 0.0119. The molecule has 3 aliphatic rings. The summed E-state index contributed by atoms with van der Waals surface area (Å²) in [6.45, 7) is 2.10. The van der Waals surface area contributed by atoms with Gasteiger partial charge in [0.05, 0.1) is 6.04 Å². The Kier molecular flexibility index (Phi) is 5.19. The highest BCUT2D eigenvalue weighted by atomic mass is 16.7. The Bertz CT molecular complexity index is 705. The van der Waals surface area contributed by atoms with Crippen molar-refractivity contribution < 1.29 is 19.6 Å². The zero-order valence-corrected chi connectivity index (χ0v) is 16.0. The highest BCUT2D eigenvalue weighted by molar-refractivity contribution is 5.81. The lowest BCUT2D eigenvalue weighted by Crippen LogP contribution is -2.36. The quantitative estimate of drug-likeness (QED) is 0.721. The van der Waals surface area contributed by atoms with E-state index >= 15 is 0 Å². The van der Waals surface area contributed by atoms with Crippen molar-refractivity contribution in [2.75, 3.05) is 14.1 Å². The lowest BCUT2D eigenvalue weighted by Gasteiger charge is -2.22. The zero-order valence-electron chi connectivity index (χ0n) is 16.0. The van der Waals surface area contributed by atoms with Gasteiger partial charge in [0.25, 0.3) is 5.91 Å². The number of fused-ring (bicyclic) bond motifs is 1. The van der Waals surface area contributed by atoms with E-state index in [1.54, 1.807) is 7.05 Å². The fourth-order valence-electron chi connectivity index (χ4n) is 4.18. The van der Waals surface area contributed by atoms with E-state index in [4.69, 9.17) is 9.68 Å². The molecule has 0 spiro atoms. The molecule has 8 nitrogen and oxygen atoms in total. The second kappa shape index (κ2) is 7.46. The van der Waals surface area contributed by atoms with E-state index in [0.717, 1.165) is 24.8 Å². The number of aliphatic hydroxyl groups is 1. The first kappa shape index (κ1) is 18.8. The van der Waals surface area contributed by atoms with Gasteiger partial charge in [-0.1, -0.05) is 25.1 Å². The second-order valence-corrected chi connectivity index (χ2v) is 7.58. The average molecular weight is 376 g/mol. The van der Waals surface area contributed by atoms with Gasteiger partial charge in [0.1, 0.15) is 18.6 Å². The molecular formula is C19H28N4O4. The molecule has 3 N–H and O–H groups in total. The molecule has 27 heavy (non-hydrogen) atoms. The molecule has 1 aromatic carbocycles. The zero-order chi connectivity index (χ0) is 19.1. The Morgan fingerprint density at radius 3 is 2.89 bits per heavy atom. The largest absolute Gasteiger partial charge is 0.376 e. The van der Waals surface area contributed by atoms with Gasteiger partial charge in [0, 0.05) is 13.5 Å². The van der Waals surface area contributed by atoms with Crippen LogP contribution in [0.4, 0.5) is 0 Å². The number of hydrogen-bond donors (Lipinski definition) is 3. The van der Waals surface area contributed by atoms with E-state index in [2.05, 4.69) is 47.9 Å². The summed E-state index contributed by atoms with van der Waals surface area (Å²) in [5.41, 5.74) is 6.71. The molecule has 5 atom stereocenters. The number of nitrogens with zero attached hydrogens (tertiary/aromatic N) is 2. The maximum atomic E-state index is 12.5. The summed E-state index contributed by atoms with van der Waals surface area (Å²) >= 11 is 0. The summed E-state index contributed by atoms with van der Waals surface area (Å²) < 4.78 is 0. The average Bonchev–Trinajstić information content (AvgIpc) is 3.33. The summed E-state index contributed by atoms with van der Waals surface area (Å²) in [7, 11) is 3.69. The van der Waals surface area contributed by atoms with Gasteiger partial charge >= 0.3 is 0 Å². The number of amides is 1. The number of hydrogen-bond acceptors (Lipinski definition) is 7. The Morgan fingerprint density at radius 2 is 2.22 bits per heavy atom. The number of carbonyl (C=O) groups excluding carboxylic acids is 1. The molecule has 1 aliphatic carbocycles. The third kappa shape index (κ3) is 3.49. The topological polar surface area (TPSA) is 86.3 Å². The molecule has 1 aromatic rings. The minimum atomic E-state index is -0.732. The van der Waals surface area contributed by atoms with Gasteiger partial charge in [-0.15, -0.1) is 0 Å². The Hall–Kier alpha value is -1.55. The third-order valence-corrected chi connectivity index (χ3v) is 5.83. The van der Waals surface area contributed by atoms with Gasteiger partial charge in [0.2, 0.25) is 0 Å². The van der Waals surface area contributed by atoms with Gasteiger partial charge in [-0.05, 0) is 43.0 Å². The summed E-state index contributed by atoms with van der Waals surface area (Å²) in [6, 6.07) is 6.40. The predicted molar refractivity (Wildman–Crippen MR) is 97.7 cm³/mol. The Balaban J connectivity index is 1.43. The van der Waals surface area contributed by atoms with Crippen LogP contribution in [-0.2, 0) is 20.9 Å². The van der Waals surface area contributed by atoms with Crippen molar-refractivity contribution in [3.05, 3.63) is 34.9 Å². The molecule has 2 aliphatic heterocycles. The molecule has 0 saturated carbocycles. The molecular weight excluding hydrogens is 348 g/mol. The molecule has 4 unspecified atom stereocenters. The van der Waals surface area contributed by atoms with Crippen LogP contribution < -0.4 is 10.8 Å². The van der Waals surface area contributed by atoms with Crippen molar-refractivity contribution in [3.63, 3.8) is 0 Å². The molecule has 8 heteroatoms. The van der Waals surface area contributed by atoms with Crippen LogP contribution in [0.5, 0.6) is 0 Å². The van der Waals surface area contributed by atoms with Crippen molar-refractivity contribution >= 4 is 5.91 Å². The molecule has 1 amide bonds. The van der Waals surface area contributed by atoms with E-state index in [9.17, 15) is 9.90 Å². The summed E-state index contributed by atoms with van der Waals surface area (Å²) in [6.07, 6.45) is 1.77. The number of rotatable bonds is 4. The van der Waals surface area contributed by atoms with Crippen molar-refractivity contribution in [1.82, 2.24) is 20.8 Å². The standard InChI is InChI=1S/C19H28N4O4/c1-4-17-22(2)18(21-26-17)12-5-7-13-11(9-12)6-8-14(13)20-19(25)15-10-16(24)23(3)27-15/h5,7,9,14-18,21,24H,4,6,8,10H2,1-3H3,(H,20,25)/t14-,15?,16?,17?,18?/m1/s1. The third-order valence-electron chi connectivity index (χ3n) is 5.83. The number of benzene rings is 1. The van der Waals surface area contributed by atoms with E-state index < -0.39 is 12.3 Å². The maximum absolute atomic E-state index is 12.5. The van der Waals surface area contributed by atoms with Crippen LogP contribution in [0.1, 0.15) is 55.1 Å².